The Balaban J connectivity index is 2.10. The van der Waals surface area contributed by atoms with Crippen LogP contribution in [0, 0.1) is 17.2 Å². The van der Waals surface area contributed by atoms with Crippen molar-refractivity contribution in [1.82, 2.24) is 5.43 Å². The molecule has 0 aromatic heterocycles. The number of hydrogen-bond donors (Lipinski definition) is 2. The first-order valence-electron chi connectivity index (χ1n) is 6.97. The van der Waals surface area contributed by atoms with E-state index in [0.29, 0.717) is 11.3 Å². The summed E-state index contributed by atoms with van der Waals surface area (Å²) in [4.78, 5) is 0. The summed E-state index contributed by atoms with van der Waals surface area (Å²) in [5, 5.41) is 12.7. The smallest absolute Gasteiger partial charge is 0.431 e. The molecule has 0 fully saturated rings. The van der Waals surface area contributed by atoms with Crippen molar-refractivity contribution < 1.29 is 22.6 Å². The molecule has 0 saturated carbocycles. The molecule has 3 N–H and O–H groups in total. The second kappa shape index (κ2) is 5.63. The summed E-state index contributed by atoms with van der Waals surface area (Å²) in [6, 6.07) is 8.28. The Morgan fingerprint density at radius 1 is 1.33 bits per heavy atom. The summed E-state index contributed by atoms with van der Waals surface area (Å²) < 4.78 is 50.1. The largest absolute Gasteiger partial charge is 0.497 e. The SMILES string of the molecule is COc1ccc([C@@H]2C(C#N)=C(N)O[C@@H]3NN=C(C(F)(F)F)[C@H]32)cc1. The molecule has 0 saturated heterocycles. The quantitative estimate of drug-likeness (QED) is 0.860. The van der Waals surface area contributed by atoms with Gasteiger partial charge in [-0.15, -0.1) is 0 Å². The number of nitrogens with two attached hydrogens (primary N) is 1. The summed E-state index contributed by atoms with van der Waals surface area (Å²) in [6.45, 7) is 0. The molecule has 24 heavy (non-hydrogen) atoms. The van der Waals surface area contributed by atoms with Crippen molar-refractivity contribution >= 4 is 5.71 Å². The third-order valence-electron chi connectivity index (χ3n) is 4.03. The monoisotopic (exact) mass is 338 g/mol. The summed E-state index contributed by atoms with van der Waals surface area (Å²) in [7, 11) is 1.48. The molecule has 0 amide bonds. The lowest BCUT2D eigenvalue weighted by Gasteiger charge is -2.34. The van der Waals surface area contributed by atoms with Gasteiger partial charge < -0.3 is 15.2 Å². The minimum absolute atomic E-state index is 0.0536. The minimum atomic E-state index is -4.65. The molecular weight excluding hydrogens is 325 g/mol. The molecule has 3 rings (SSSR count). The highest BCUT2D eigenvalue weighted by molar-refractivity contribution is 5.94. The molecule has 2 aliphatic rings. The molecule has 1 aromatic carbocycles. The first-order chi connectivity index (χ1) is 11.4. The van der Waals surface area contributed by atoms with Gasteiger partial charge in [-0.25, -0.2) is 0 Å². The topological polar surface area (TPSA) is 92.7 Å². The zero-order valence-corrected chi connectivity index (χ0v) is 12.5. The number of benzene rings is 1. The Kier molecular flexibility index (Phi) is 3.75. The first-order valence-corrected chi connectivity index (χ1v) is 6.97. The lowest BCUT2D eigenvalue weighted by molar-refractivity contribution is -0.0661. The number of alkyl halides is 3. The predicted molar refractivity (Wildman–Crippen MR) is 77.6 cm³/mol. The van der Waals surface area contributed by atoms with E-state index in [-0.39, 0.29) is 11.5 Å². The van der Waals surface area contributed by atoms with Gasteiger partial charge in [0.1, 0.15) is 11.8 Å². The summed E-state index contributed by atoms with van der Waals surface area (Å²) in [5.41, 5.74) is 7.45. The number of nitriles is 1. The Morgan fingerprint density at radius 3 is 2.54 bits per heavy atom. The van der Waals surface area contributed by atoms with E-state index in [0.717, 1.165) is 0 Å². The van der Waals surface area contributed by atoms with Crippen LogP contribution in [0.15, 0.2) is 40.8 Å². The molecule has 9 heteroatoms. The molecule has 0 spiro atoms. The number of hydrogen-bond acceptors (Lipinski definition) is 6. The lowest BCUT2D eigenvalue weighted by atomic mass is 9.76. The number of rotatable bonds is 2. The third kappa shape index (κ3) is 2.50. The van der Waals surface area contributed by atoms with Crippen LogP contribution in [0.25, 0.3) is 0 Å². The maximum absolute atomic E-state index is 13.3. The van der Waals surface area contributed by atoms with E-state index < -0.39 is 30.0 Å². The average molecular weight is 338 g/mol. The maximum atomic E-state index is 13.3. The van der Waals surface area contributed by atoms with E-state index in [1.807, 2.05) is 6.07 Å². The molecule has 2 heterocycles. The van der Waals surface area contributed by atoms with Crippen molar-refractivity contribution in [3.8, 4) is 11.8 Å². The number of nitrogens with zero attached hydrogens (tertiary/aromatic N) is 2. The number of ether oxygens (including phenoxy) is 2. The van der Waals surface area contributed by atoms with Crippen LogP contribution in [0.3, 0.4) is 0 Å². The molecule has 0 bridgehead atoms. The second-order valence-corrected chi connectivity index (χ2v) is 5.33. The Morgan fingerprint density at radius 2 is 2.00 bits per heavy atom. The van der Waals surface area contributed by atoms with Crippen LogP contribution in [0.5, 0.6) is 5.75 Å². The molecule has 126 valence electrons. The van der Waals surface area contributed by atoms with Gasteiger partial charge in [-0.3, -0.25) is 5.43 Å². The number of fused-ring (bicyclic) bond motifs is 1. The lowest BCUT2D eigenvalue weighted by Crippen LogP contribution is -2.45. The zero-order valence-electron chi connectivity index (χ0n) is 12.5. The summed E-state index contributed by atoms with van der Waals surface area (Å²) in [5.74, 6) is -1.78. The van der Waals surface area contributed by atoms with Crippen molar-refractivity contribution in [3.05, 3.63) is 41.3 Å². The fourth-order valence-corrected chi connectivity index (χ4v) is 2.96. The highest BCUT2D eigenvalue weighted by atomic mass is 19.4. The van der Waals surface area contributed by atoms with Crippen LogP contribution in [0.2, 0.25) is 0 Å². The second-order valence-electron chi connectivity index (χ2n) is 5.33. The molecule has 3 atom stereocenters. The number of hydrazone groups is 1. The number of allylic oxidation sites excluding steroid dienone is 1. The van der Waals surface area contributed by atoms with E-state index in [9.17, 15) is 18.4 Å². The standard InChI is InChI=1S/C15H13F3N4O2/c1-23-8-4-2-7(3-5-8)10-9(6-19)13(20)24-14-11(10)12(21-22-14)15(16,17)18/h2-5,10-11,14,22H,20H2,1H3/t10-,11-,14+/m1/s1. The normalized spacial score (nSPS) is 26.0. The van der Waals surface area contributed by atoms with E-state index in [4.69, 9.17) is 15.2 Å². The molecule has 1 aromatic rings. The van der Waals surface area contributed by atoms with Crippen LogP contribution in [-0.2, 0) is 4.74 Å². The highest BCUT2D eigenvalue weighted by Gasteiger charge is 2.55. The van der Waals surface area contributed by atoms with Crippen LogP contribution >= 0.6 is 0 Å². The third-order valence-corrected chi connectivity index (χ3v) is 4.03. The van der Waals surface area contributed by atoms with E-state index in [1.54, 1.807) is 24.3 Å². The van der Waals surface area contributed by atoms with Crippen LogP contribution in [0.1, 0.15) is 11.5 Å². The fraction of sp³-hybridized carbons (Fsp3) is 0.333. The van der Waals surface area contributed by atoms with Crippen molar-refractivity contribution in [1.29, 1.82) is 5.26 Å². The van der Waals surface area contributed by atoms with Gasteiger partial charge in [0.05, 0.1) is 18.6 Å². The molecule has 0 unspecified atom stereocenters. The highest BCUT2D eigenvalue weighted by Crippen LogP contribution is 2.45. The van der Waals surface area contributed by atoms with Crippen LogP contribution in [0.4, 0.5) is 13.2 Å². The fourth-order valence-electron chi connectivity index (χ4n) is 2.96. The Labute approximate surface area is 135 Å². The minimum Gasteiger partial charge on any atom is -0.497 e. The first kappa shape index (κ1) is 16.0. The Hall–Kier alpha value is -2.89. The zero-order chi connectivity index (χ0) is 17.5. The van der Waals surface area contributed by atoms with Crippen molar-refractivity contribution in [3.63, 3.8) is 0 Å². The molecule has 2 aliphatic heterocycles. The van der Waals surface area contributed by atoms with E-state index in [2.05, 4.69) is 10.5 Å². The molecule has 6 nitrogen and oxygen atoms in total. The van der Waals surface area contributed by atoms with Crippen molar-refractivity contribution in [2.75, 3.05) is 7.11 Å². The van der Waals surface area contributed by atoms with Gasteiger partial charge in [-0.1, -0.05) is 12.1 Å². The van der Waals surface area contributed by atoms with Gasteiger partial charge >= 0.3 is 6.18 Å². The number of halogens is 3. The summed E-state index contributed by atoms with van der Waals surface area (Å²) in [6.07, 6.45) is -5.72. The van der Waals surface area contributed by atoms with Crippen LogP contribution < -0.4 is 15.9 Å². The maximum Gasteiger partial charge on any atom is 0.431 e. The molecular formula is C15H13F3N4O2. The van der Waals surface area contributed by atoms with Crippen molar-refractivity contribution in [2.24, 2.45) is 16.8 Å². The average Bonchev–Trinajstić information content (AvgIpc) is 2.97. The van der Waals surface area contributed by atoms with Crippen LogP contribution in [-0.4, -0.2) is 25.2 Å². The molecule has 0 radical (unpaired) electrons. The van der Waals surface area contributed by atoms with Gasteiger partial charge in [0, 0.05) is 5.92 Å². The van der Waals surface area contributed by atoms with Gasteiger partial charge in [0.2, 0.25) is 5.88 Å². The van der Waals surface area contributed by atoms with Gasteiger partial charge in [-0.05, 0) is 17.7 Å². The summed E-state index contributed by atoms with van der Waals surface area (Å²) >= 11 is 0. The molecule has 0 aliphatic carbocycles. The van der Waals surface area contributed by atoms with Gasteiger partial charge in [0.25, 0.3) is 0 Å². The predicted octanol–water partition coefficient (Wildman–Crippen LogP) is 1.97. The van der Waals surface area contributed by atoms with Crippen molar-refractivity contribution in [2.45, 2.75) is 18.3 Å². The van der Waals surface area contributed by atoms with E-state index in [1.165, 1.54) is 7.11 Å². The van der Waals surface area contributed by atoms with Gasteiger partial charge in [-0.2, -0.15) is 23.5 Å². The number of methoxy groups -OCH3 is 1. The van der Waals surface area contributed by atoms with Gasteiger partial charge in [0.15, 0.2) is 11.9 Å². The Bertz CT molecular complexity index is 749. The number of nitrogens with one attached hydrogen (secondary N) is 1. The van der Waals surface area contributed by atoms with E-state index >= 15 is 0 Å².